The minimum absolute atomic E-state index is 0.550. The summed E-state index contributed by atoms with van der Waals surface area (Å²) >= 11 is 0. The Kier molecular flexibility index (Phi) is 3.60. The van der Waals surface area contributed by atoms with Crippen LogP contribution >= 0.6 is 0 Å². The molecule has 1 aliphatic rings. The van der Waals surface area contributed by atoms with Crippen LogP contribution in [0.4, 0.5) is 17.3 Å². The van der Waals surface area contributed by atoms with E-state index in [1.54, 1.807) is 7.05 Å². The Balaban J connectivity index is 2.03. The van der Waals surface area contributed by atoms with Gasteiger partial charge in [-0.05, 0) is 7.05 Å². The summed E-state index contributed by atoms with van der Waals surface area (Å²) in [6.45, 7) is 3.98. The predicted octanol–water partition coefficient (Wildman–Crippen LogP) is -0.325. The van der Waals surface area contributed by atoms with Crippen LogP contribution in [0, 0.1) is 0 Å². The lowest BCUT2D eigenvalue weighted by molar-refractivity contribution is 0.178. The maximum Gasteiger partial charge on any atom is 0.169 e. The number of anilines is 3. The van der Waals surface area contributed by atoms with E-state index in [-0.39, 0.29) is 0 Å². The molecule has 17 heavy (non-hydrogen) atoms. The van der Waals surface area contributed by atoms with Crippen LogP contribution in [0.15, 0.2) is 6.33 Å². The van der Waals surface area contributed by atoms with Gasteiger partial charge in [-0.1, -0.05) is 0 Å². The summed E-state index contributed by atoms with van der Waals surface area (Å²) in [4.78, 5) is 10.5. The lowest BCUT2D eigenvalue weighted by Crippen LogP contribution is -2.47. The first-order valence-electron chi connectivity index (χ1n) is 5.69. The molecule has 1 saturated heterocycles. The second-order valence-electron chi connectivity index (χ2n) is 4.14. The van der Waals surface area contributed by atoms with E-state index in [2.05, 4.69) is 37.7 Å². The first-order chi connectivity index (χ1) is 8.20. The highest BCUT2D eigenvalue weighted by Crippen LogP contribution is 2.22. The molecule has 94 valence electrons. The minimum atomic E-state index is 0.550. The number of nitrogen functional groups attached to an aromatic ring is 1. The summed E-state index contributed by atoms with van der Waals surface area (Å²) in [6.07, 6.45) is 1.50. The Hall–Kier alpha value is -1.60. The third-order valence-electron chi connectivity index (χ3n) is 2.89. The van der Waals surface area contributed by atoms with E-state index in [1.807, 2.05) is 0 Å². The van der Waals surface area contributed by atoms with Crippen molar-refractivity contribution < 1.29 is 0 Å². The van der Waals surface area contributed by atoms with Crippen molar-refractivity contribution in [2.24, 2.45) is 0 Å². The Bertz CT molecular complexity index is 373. The van der Waals surface area contributed by atoms with E-state index in [4.69, 9.17) is 5.73 Å². The molecule has 0 spiro atoms. The number of hydrogen-bond donors (Lipinski definition) is 3. The molecule has 7 heteroatoms. The number of likely N-dealkylation sites (N-methyl/N-ethyl adjacent to an activating group) is 1. The van der Waals surface area contributed by atoms with Gasteiger partial charge >= 0.3 is 0 Å². The van der Waals surface area contributed by atoms with Gasteiger partial charge in [0.15, 0.2) is 11.6 Å². The van der Waals surface area contributed by atoms with Crippen LogP contribution in [0.2, 0.25) is 0 Å². The average Bonchev–Trinajstić information content (AvgIpc) is 2.35. The third kappa shape index (κ3) is 2.75. The molecule has 2 rings (SSSR count). The Morgan fingerprint density at radius 2 is 1.82 bits per heavy atom. The van der Waals surface area contributed by atoms with Crippen LogP contribution in [0.5, 0.6) is 0 Å². The van der Waals surface area contributed by atoms with Gasteiger partial charge in [-0.3, -0.25) is 0 Å². The number of hydrazine groups is 1. The van der Waals surface area contributed by atoms with Crippen LogP contribution in [-0.2, 0) is 0 Å². The molecule has 4 N–H and O–H groups in total. The quantitative estimate of drug-likeness (QED) is 0.664. The lowest BCUT2D eigenvalue weighted by Gasteiger charge is -2.32. The average molecular weight is 237 g/mol. The fourth-order valence-corrected chi connectivity index (χ4v) is 1.75. The van der Waals surface area contributed by atoms with Crippen molar-refractivity contribution in [3.8, 4) is 0 Å². The van der Waals surface area contributed by atoms with E-state index in [1.165, 1.54) is 6.33 Å². The smallest absolute Gasteiger partial charge is 0.169 e. The number of aromatic nitrogens is 2. The summed E-state index contributed by atoms with van der Waals surface area (Å²) in [5.41, 5.74) is 9.74. The number of rotatable bonds is 3. The molecule has 0 radical (unpaired) electrons. The summed E-state index contributed by atoms with van der Waals surface area (Å²) in [5.74, 6) is 1.31. The molecular formula is C10H19N7. The van der Waals surface area contributed by atoms with Gasteiger partial charge in [-0.2, -0.15) is 0 Å². The zero-order chi connectivity index (χ0) is 12.3. The lowest BCUT2D eigenvalue weighted by atomic mass is 10.4. The number of piperazine rings is 1. The van der Waals surface area contributed by atoms with Gasteiger partial charge in [0, 0.05) is 33.2 Å². The zero-order valence-electron chi connectivity index (χ0n) is 10.3. The largest absolute Gasteiger partial charge is 0.393 e. The predicted molar refractivity (Wildman–Crippen MR) is 68.7 cm³/mol. The molecule has 0 atom stereocenters. The Morgan fingerprint density at radius 1 is 1.18 bits per heavy atom. The van der Waals surface area contributed by atoms with Gasteiger partial charge < -0.3 is 21.4 Å². The number of hydrogen-bond acceptors (Lipinski definition) is 7. The van der Waals surface area contributed by atoms with Crippen LogP contribution in [0.25, 0.3) is 0 Å². The summed E-state index contributed by atoms with van der Waals surface area (Å²) in [6, 6.07) is 0. The van der Waals surface area contributed by atoms with Gasteiger partial charge in [-0.25, -0.2) is 15.0 Å². The summed E-state index contributed by atoms with van der Waals surface area (Å²) in [7, 11) is 3.91. The maximum atomic E-state index is 5.95. The molecule has 1 fully saturated rings. The minimum Gasteiger partial charge on any atom is -0.393 e. The van der Waals surface area contributed by atoms with E-state index in [9.17, 15) is 0 Å². The van der Waals surface area contributed by atoms with Gasteiger partial charge in [0.2, 0.25) is 0 Å². The van der Waals surface area contributed by atoms with Crippen molar-refractivity contribution in [3.63, 3.8) is 0 Å². The van der Waals surface area contributed by atoms with E-state index in [0.29, 0.717) is 17.3 Å². The maximum absolute atomic E-state index is 5.95. The standard InChI is InChI=1S/C10H19N7/c1-12-9-8(11)10(14-7-13-9)15-17-5-3-16(2)4-6-17/h7H,3-6,11H2,1-2H3,(H2,12,13,14,15). The normalized spacial score (nSPS) is 18.0. The molecule has 0 unspecified atom stereocenters. The molecule has 1 aromatic rings. The molecule has 1 aromatic heterocycles. The molecule has 0 saturated carbocycles. The highest BCUT2D eigenvalue weighted by molar-refractivity contribution is 5.73. The Labute approximate surface area is 101 Å². The van der Waals surface area contributed by atoms with Crippen LogP contribution < -0.4 is 16.5 Å². The first-order valence-corrected chi connectivity index (χ1v) is 5.69. The van der Waals surface area contributed by atoms with Crippen LogP contribution in [0.1, 0.15) is 0 Å². The topological polar surface area (TPSA) is 82.3 Å². The Morgan fingerprint density at radius 3 is 2.47 bits per heavy atom. The number of nitrogens with two attached hydrogens (primary N) is 1. The van der Waals surface area contributed by atoms with Crippen LogP contribution in [0.3, 0.4) is 0 Å². The number of nitrogens with one attached hydrogen (secondary N) is 2. The van der Waals surface area contributed by atoms with Crippen molar-refractivity contribution in [3.05, 3.63) is 6.33 Å². The third-order valence-corrected chi connectivity index (χ3v) is 2.89. The molecule has 2 heterocycles. The second kappa shape index (κ2) is 5.15. The monoisotopic (exact) mass is 237 g/mol. The first kappa shape index (κ1) is 11.9. The van der Waals surface area contributed by atoms with Crippen molar-refractivity contribution in [1.29, 1.82) is 0 Å². The van der Waals surface area contributed by atoms with Gasteiger partial charge in [0.25, 0.3) is 0 Å². The number of nitrogens with zero attached hydrogens (tertiary/aromatic N) is 4. The molecule has 7 nitrogen and oxygen atoms in total. The fourth-order valence-electron chi connectivity index (χ4n) is 1.75. The molecule has 0 bridgehead atoms. The SMILES string of the molecule is CNc1ncnc(NN2CCN(C)CC2)c1N. The van der Waals surface area contributed by atoms with Crippen molar-refractivity contribution in [1.82, 2.24) is 19.9 Å². The zero-order valence-corrected chi connectivity index (χ0v) is 10.3. The molecule has 0 aromatic carbocycles. The molecule has 0 amide bonds. The highest BCUT2D eigenvalue weighted by atomic mass is 15.5. The van der Waals surface area contributed by atoms with Gasteiger partial charge in [-0.15, -0.1) is 0 Å². The summed E-state index contributed by atoms with van der Waals surface area (Å²) < 4.78 is 0. The van der Waals surface area contributed by atoms with Crippen LogP contribution in [-0.4, -0.2) is 60.2 Å². The van der Waals surface area contributed by atoms with E-state index in [0.717, 1.165) is 26.2 Å². The van der Waals surface area contributed by atoms with Gasteiger partial charge in [0.05, 0.1) is 0 Å². The molecular weight excluding hydrogens is 218 g/mol. The fraction of sp³-hybridized carbons (Fsp3) is 0.600. The highest BCUT2D eigenvalue weighted by Gasteiger charge is 2.15. The molecule has 1 aliphatic heterocycles. The van der Waals surface area contributed by atoms with E-state index >= 15 is 0 Å². The van der Waals surface area contributed by atoms with Crippen molar-refractivity contribution in [2.75, 3.05) is 56.8 Å². The second-order valence-corrected chi connectivity index (χ2v) is 4.14. The van der Waals surface area contributed by atoms with Crippen molar-refractivity contribution in [2.45, 2.75) is 0 Å². The van der Waals surface area contributed by atoms with Crippen molar-refractivity contribution >= 4 is 17.3 Å². The summed E-state index contributed by atoms with van der Waals surface area (Å²) in [5, 5.41) is 5.06. The molecule has 0 aliphatic carbocycles. The van der Waals surface area contributed by atoms with Gasteiger partial charge in [0.1, 0.15) is 12.0 Å². The van der Waals surface area contributed by atoms with E-state index < -0.39 is 0 Å².